The highest BCUT2D eigenvalue weighted by Crippen LogP contribution is 2.45. The van der Waals surface area contributed by atoms with Crippen molar-refractivity contribution < 1.29 is 14.7 Å². The van der Waals surface area contributed by atoms with Crippen LogP contribution >= 0.6 is 11.6 Å². The van der Waals surface area contributed by atoms with E-state index in [4.69, 9.17) is 11.6 Å². The van der Waals surface area contributed by atoms with E-state index in [0.29, 0.717) is 13.1 Å². The summed E-state index contributed by atoms with van der Waals surface area (Å²) in [6.45, 7) is 3.63. The summed E-state index contributed by atoms with van der Waals surface area (Å²) in [5.74, 6) is -1.69. The van der Waals surface area contributed by atoms with E-state index in [0.717, 1.165) is 43.1 Å². The van der Waals surface area contributed by atoms with E-state index >= 15 is 0 Å². The van der Waals surface area contributed by atoms with Crippen molar-refractivity contribution >= 4 is 23.5 Å². The van der Waals surface area contributed by atoms with E-state index in [1.165, 1.54) is 0 Å². The fraction of sp³-hybridized carbons (Fsp3) is 0.524. The van der Waals surface area contributed by atoms with E-state index in [1.807, 2.05) is 35.2 Å². The molecule has 1 aromatic rings. The van der Waals surface area contributed by atoms with Crippen LogP contribution < -0.4 is 0 Å². The minimum atomic E-state index is -0.829. The number of benzene rings is 1. The molecule has 0 aromatic heterocycles. The molecule has 3 aliphatic carbocycles. The zero-order chi connectivity index (χ0) is 19.0. The number of allylic oxidation sites excluding steroid dienone is 2. The normalized spacial score (nSPS) is 30.5. The lowest BCUT2D eigenvalue weighted by Crippen LogP contribution is -2.55. The summed E-state index contributed by atoms with van der Waals surface area (Å²) in [4.78, 5) is 29.1. The van der Waals surface area contributed by atoms with Gasteiger partial charge in [0.25, 0.3) is 0 Å². The van der Waals surface area contributed by atoms with Crippen molar-refractivity contribution in [3.8, 4) is 0 Å². The lowest BCUT2D eigenvalue weighted by Gasteiger charge is -2.45. The van der Waals surface area contributed by atoms with Crippen LogP contribution in [0, 0.1) is 23.7 Å². The predicted octanol–water partition coefficient (Wildman–Crippen LogP) is 2.90. The van der Waals surface area contributed by atoms with Crippen molar-refractivity contribution in [3.05, 3.63) is 47.0 Å². The second-order valence-corrected chi connectivity index (χ2v) is 8.28. The van der Waals surface area contributed by atoms with Gasteiger partial charge in [0.05, 0.1) is 11.8 Å². The Morgan fingerprint density at radius 2 is 1.63 bits per heavy atom. The van der Waals surface area contributed by atoms with Gasteiger partial charge in [-0.05, 0) is 36.3 Å². The van der Waals surface area contributed by atoms with E-state index in [1.54, 1.807) is 0 Å². The van der Waals surface area contributed by atoms with Gasteiger partial charge in [-0.1, -0.05) is 42.0 Å². The molecule has 27 heavy (non-hydrogen) atoms. The monoisotopic (exact) mass is 388 g/mol. The van der Waals surface area contributed by atoms with Crippen molar-refractivity contribution in [2.24, 2.45) is 23.7 Å². The van der Waals surface area contributed by atoms with Crippen LogP contribution in [0.1, 0.15) is 18.4 Å². The zero-order valence-electron chi connectivity index (χ0n) is 15.3. The first kappa shape index (κ1) is 18.5. The van der Waals surface area contributed by atoms with Crippen molar-refractivity contribution in [3.63, 3.8) is 0 Å². The van der Waals surface area contributed by atoms with Gasteiger partial charge in [-0.25, -0.2) is 0 Å². The minimum absolute atomic E-state index is 0.00274. The van der Waals surface area contributed by atoms with Gasteiger partial charge in [-0.15, -0.1) is 0 Å². The van der Waals surface area contributed by atoms with E-state index in [2.05, 4.69) is 11.0 Å². The van der Waals surface area contributed by atoms with Crippen LogP contribution in [0.25, 0.3) is 0 Å². The number of rotatable bonds is 4. The number of amides is 1. The highest BCUT2D eigenvalue weighted by molar-refractivity contribution is 6.31. The summed E-state index contributed by atoms with van der Waals surface area (Å²) in [6, 6.07) is 7.84. The molecule has 0 unspecified atom stereocenters. The number of carbonyl (C=O) groups excluding carboxylic acids is 1. The lowest BCUT2D eigenvalue weighted by molar-refractivity contribution is -0.157. The molecule has 1 amide bonds. The molecule has 0 radical (unpaired) electrons. The Hall–Kier alpha value is -1.85. The van der Waals surface area contributed by atoms with E-state index in [9.17, 15) is 14.7 Å². The number of fused-ring (bicyclic) bond motifs is 2. The van der Waals surface area contributed by atoms with Gasteiger partial charge in [0.1, 0.15) is 0 Å². The number of carboxylic acids is 1. The number of piperazine rings is 1. The Kier molecular flexibility index (Phi) is 5.24. The standard InChI is InChI=1S/C21H25ClN2O3/c22-17-4-2-1-3-16(17)13-23-9-11-24(12-10-23)20(25)18-14-5-7-15(8-6-14)19(18)21(26)27/h1-5,7,14-15,18-19H,6,8-13H2,(H,26,27)/t14-,15-,18+,19-/m0/s1. The summed E-state index contributed by atoms with van der Waals surface area (Å²) in [5.41, 5.74) is 1.10. The number of aliphatic carboxylic acids is 1. The van der Waals surface area contributed by atoms with Crippen LogP contribution in [0.2, 0.25) is 5.02 Å². The molecule has 1 saturated carbocycles. The molecule has 1 aliphatic heterocycles. The largest absolute Gasteiger partial charge is 0.481 e. The number of nitrogens with zero attached hydrogens (tertiary/aromatic N) is 2. The first-order valence-electron chi connectivity index (χ1n) is 9.70. The van der Waals surface area contributed by atoms with Crippen LogP contribution in [0.4, 0.5) is 0 Å². The zero-order valence-corrected chi connectivity index (χ0v) is 16.0. The molecule has 144 valence electrons. The molecule has 0 spiro atoms. The third kappa shape index (κ3) is 3.63. The summed E-state index contributed by atoms with van der Waals surface area (Å²) < 4.78 is 0. The molecule has 2 fully saturated rings. The number of hydrogen-bond donors (Lipinski definition) is 1. The first-order valence-corrected chi connectivity index (χ1v) is 10.1. The average Bonchev–Trinajstić information content (AvgIpc) is 2.70. The Labute approximate surface area is 164 Å². The molecule has 1 N–H and O–H groups in total. The highest BCUT2D eigenvalue weighted by Gasteiger charge is 2.49. The van der Waals surface area contributed by atoms with Gasteiger partial charge in [-0.3, -0.25) is 14.5 Å². The third-order valence-electron chi connectivity index (χ3n) is 6.35. The number of carbonyl (C=O) groups is 2. The fourth-order valence-electron chi connectivity index (χ4n) is 4.87. The summed E-state index contributed by atoms with van der Waals surface area (Å²) >= 11 is 6.25. The van der Waals surface area contributed by atoms with Crippen LogP contribution in [0.3, 0.4) is 0 Å². The maximum atomic E-state index is 13.2. The molecular formula is C21H25ClN2O3. The maximum absolute atomic E-state index is 13.2. The maximum Gasteiger partial charge on any atom is 0.307 e. The molecule has 1 aromatic carbocycles. The van der Waals surface area contributed by atoms with Crippen molar-refractivity contribution in [2.75, 3.05) is 26.2 Å². The van der Waals surface area contributed by atoms with Gasteiger partial charge in [-0.2, -0.15) is 0 Å². The van der Waals surface area contributed by atoms with Crippen molar-refractivity contribution in [1.29, 1.82) is 0 Å². The highest BCUT2D eigenvalue weighted by atomic mass is 35.5. The Bertz CT molecular complexity index is 758. The molecule has 5 rings (SSSR count). The van der Waals surface area contributed by atoms with Gasteiger partial charge < -0.3 is 10.0 Å². The minimum Gasteiger partial charge on any atom is -0.481 e. The van der Waals surface area contributed by atoms with Gasteiger partial charge >= 0.3 is 5.97 Å². The summed E-state index contributed by atoms with van der Waals surface area (Å²) in [7, 11) is 0. The van der Waals surface area contributed by atoms with Gasteiger partial charge in [0.2, 0.25) is 5.91 Å². The number of halogens is 1. The van der Waals surface area contributed by atoms with E-state index in [-0.39, 0.29) is 17.7 Å². The lowest BCUT2D eigenvalue weighted by atomic mass is 9.62. The predicted molar refractivity (Wildman–Crippen MR) is 103 cm³/mol. The van der Waals surface area contributed by atoms with Crippen LogP contribution in [-0.4, -0.2) is 53.0 Å². The quantitative estimate of drug-likeness (QED) is 0.806. The van der Waals surface area contributed by atoms with Crippen molar-refractivity contribution in [2.45, 2.75) is 19.4 Å². The average molecular weight is 389 g/mol. The molecular weight excluding hydrogens is 364 g/mol. The van der Waals surface area contributed by atoms with Gasteiger partial charge in [0, 0.05) is 37.7 Å². The molecule has 1 heterocycles. The molecule has 5 nitrogen and oxygen atoms in total. The second kappa shape index (κ2) is 7.64. The Balaban J connectivity index is 1.39. The fourth-order valence-corrected chi connectivity index (χ4v) is 5.07. The van der Waals surface area contributed by atoms with Gasteiger partial charge in [0.15, 0.2) is 0 Å². The van der Waals surface area contributed by atoms with Crippen molar-refractivity contribution in [1.82, 2.24) is 9.80 Å². The Morgan fingerprint density at radius 1 is 1.00 bits per heavy atom. The molecule has 4 aliphatic rings. The second-order valence-electron chi connectivity index (χ2n) is 7.87. The van der Waals surface area contributed by atoms with E-state index < -0.39 is 17.8 Å². The van der Waals surface area contributed by atoms with Crippen LogP contribution in [-0.2, 0) is 16.1 Å². The SMILES string of the molecule is O=C(O)[C@@H]1[C@H](C(=O)N2CCN(Cc3ccccc3Cl)CC2)[C@H]2C=C[C@H]1CC2. The van der Waals surface area contributed by atoms with Crippen LogP contribution in [0.5, 0.6) is 0 Å². The molecule has 6 heteroatoms. The van der Waals surface area contributed by atoms with Crippen LogP contribution in [0.15, 0.2) is 36.4 Å². The Morgan fingerprint density at radius 3 is 2.22 bits per heavy atom. The molecule has 1 saturated heterocycles. The topological polar surface area (TPSA) is 60.9 Å². The summed E-state index contributed by atoms with van der Waals surface area (Å²) in [6.07, 6.45) is 5.89. The summed E-state index contributed by atoms with van der Waals surface area (Å²) in [5, 5.41) is 10.5. The third-order valence-corrected chi connectivity index (χ3v) is 6.72. The first-order chi connectivity index (χ1) is 13.0. The number of carboxylic acid groups (broad SMARTS) is 1. The molecule has 2 bridgehead atoms. The smallest absolute Gasteiger partial charge is 0.307 e. The molecule has 4 atom stereocenters. The number of hydrogen-bond acceptors (Lipinski definition) is 3.